The first-order valence-electron chi connectivity index (χ1n) is 10.3. The van der Waals surface area contributed by atoms with E-state index in [1.165, 1.54) is 28.5 Å². The van der Waals surface area contributed by atoms with E-state index in [0.717, 1.165) is 38.2 Å². The third-order valence-electron chi connectivity index (χ3n) is 5.42. The Morgan fingerprint density at radius 3 is 2.86 bits per heavy atom. The molecule has 0 bridgehead atoms. The lowest BCUT2D eigenvalue weighted by atomic mass is 10.1. The lowest BCUT2D eigenvalue weighted by Crippen LogP contribution is -2.23. The molecule has 0 spiro atoms. The Kier molecular flexibility index (Phi) is 6.30. The van der Waals surface area contributed by atoms with Gasteiger partial charge in [0.15, 0.2) is 6.29 Å². The molecule has 4 heteroatoms. The summed E-state index contributed by atoms with van der Waals surface area (Å²) in [5.41, 5.74) is 3.84. The van der Waals surface area contributed by atoms with E-state index in [9.17, 15) is 0 Å². The number of benzene rings is 2. The highest BCUT2D eigenvalue weighted by atomic mass is 16.7. The summed E-state index contributed by atoms with van der Waals surface area (Å²) in [5, 5.41) is 1.22. The van der Waals surface area contributed by atoms with Crippen LogP contribution in [0.3, 0.4) is 0 Å². The molecule has 0 N–H and O–H groups in total. The molecule has 4 rings (SSSR count). The Balaban J connectivity index is 1.33. The topological polar surface area (TPSA) is 32.6 Å². The monoisotopic (exact) mass is 379 g/mol. The van der Waals surface area contributed by atoms with Crippen LogP contribution in [0.4, 0.5) is 0 Å². The van der Waals surface area contributed by atoms with Crippen LogP contribution in [0.25, 0.3) is 10.9 Å². The number of hydrogen-bond donors (Lipinski definition) is 0. The predicted molar refractivity (Wildman–Crippen MR) is 112 cm³/mol. The van der Waals surface area contributed by atoms with Crippen molar-refractivity contribution < 1.29 is 14.2 Å². The Morgan fingerprint density at radius 2 is 2.00 bits per heavy atom. The van der Waals surface area contributed by atoms with E-state index in [2.05, 4.69) is 66.2 Å². The Bertz CT molecular complexity index is 896. The van der Waals surface area contributed by atoms with Gasteiger partial charge in [0.25, 0.3) is 0 Å². The molecule has 1 atom stereocenters. The van der Waals surface area contributed by atoms with Crippen molar-refractivity contribution in [3.05, 3.63) is 65.9 Å². The van der Waals surface area contributed by atoms with E-state index in [0.29, 0.717) is 13.2 Å². The van der Waals surface area contributed by atoms with Crippen LogP contribution in [0.15, 0.2) is 54.7 Å². The largest absolute Gasteiger partial charge is 0.493 e. The van der Waals surface area contributed by atoms with Crippen LogP contribution in [0.2, 0.25) is 0 Å². The van der Waals surface area contributed by atoms with Crippen LogP contribution in [-0.2, 0) is 22.4 Å². The highest BCUT2D eigenvalue weighted by Gasteiger charge is 2.13. The SMILES string of the molecule is Cc1ccccc1CCOc1ccc2ccn(CCOC3CCCCO3)c2c1. The van der Waals surface area contributed by atoms with Gasteiger partial charge in [-0.05, 0) is 60.9 Å². The van der Waals surface area contributed by atoms with E-state index >= 15 is 0 Å². The van der Waals surface area contributed by atoms with E-state index in [1.807, 2.05) is 0 Å². The molecule has 28 heavy (non-hydrogen) atoms. The molecule has 1 aliphatic heterocycles. The maximum absolute atomic E-state index is 6.03. The second-order valence-corrected chi connectivity index (χ2v) is 7.42. The maximum Gasteiger partial charge on any atom is 0.157 e. The van der Waals surface area contributed by atoms with Crippen LogP contribution >= 0.6 is 0 Å². The summed E-state index contributed by atoms with van der Waals surface area (Å²) in [4.78, 5) is 0. The lowest BCUT2D eigenvalue weighted by molar-refractivity contribution is -0.163. The molecule has 4 nitrogen and oxygen atoms in total. The van der Waals surface area contributed by atoms with E-state index in [-0.39, 0.29) is 6.29 Å². The van der Waals surface area contributed by atoms with Crippen molar-refractivity contribution in [1.29, 1.82) is 0 Å². The van der Waals surface area contributed by atoms with Crippen LogP contribution in [-0.4, -0.2) is 30.7 Å². The van der Waals surface area contributed by atoms with Crippen LogP contribution < -0.4 is 4.74 Å². The summed E-state index contributed by atoms with van der Waals surface area (Å²) < 4.78 is 19.8. The number of nitrogens with zero attached hydrogens (tertiary/aromatic N) is 1. The second kappa shape index (κ2) is 9.26. The fraction of sp³-hybridized carbons (Fsp3) is 0.417. The van der Waals surface area contributed by atoms with Crippen molar-refractivity contribution in [2.24, 2.45) is 0 Å². The first-order valence-corrected chi connectivity index (χ1v) is 10.3. The fourth-order valence-electron chi connectivity index (χ4n) is 3.74. The highest BCUT2D eigenvalue weighted by molar-refractivity contribution is 5.81. The molecule has 1 aromatic heterocycles. The van der Waals surface area contributed by atoms with E-state index in [4.69, 9.17) is 14.2 Å². The zero-order valence-electron chi connectivity index (χ0n) is 16.6. The van der Waals surface area contributed by atoms with Gasteiger partial charge in [-0.2, -0.15) is 0 Å². The Labute approximate surface area is 167 Å². The smallest absolute Gasteiger partial charge is 0.157 e. The van der Waals surface area contributed by atoms with Gasteiger partial charge in [0.05, 0.1) is 18.7 Å². The number of aryl methyl sites for hydroxylation is 1. The number of fused-ring (bicyclic) bond motifs is 1. The Hall–Kier alpha value is -2.30. The summed E-state index contributed by atoms with van der Waals surface area (Å²) in [7, 11) is 0. The molecule has 0 aliphatic carbocycles. The van der Waals surface area contributed by atoms with Gasteiger partial charge in [-0.1, -0.05) is 24.3 Å². The first-order chi connectivity index (χ1) is 13.8. The minimum absolute atomic E-state index is 0.0316. The molecule has 1 fully saturated rings. The number of rotatable bonds is 8. The van der Waals surface area contributed by atoms with Gasteiger partial charge in [0.1, 0.15) is 5.75 Å². The molecule has 0 radical (unpaired) electrons. The number of ether oxygens (including phenoxy) is 3. The average Bonchev–Trinajstić information content (AvgIpc) is 3.13. The van der Waals surface area contributed by atoms with Crippen LogP contribution in [0.5, 0.6) is 5.75 Å². The molecule has 1 unspecified atom stereocenters. The zero-order valence-corrected chi connectivity index (χ0v) is 16.6. The highest BCUT2D eigenvalue weighted by Crippen LogP contribution is 2.23. The zero-order chi connectivity index (χ0) is 19.2. The normalized spacial score (nSPS) is 17.1. The quantitative estimate of drug-likeness (QED) is 0.545. The molecule has 1 saturated heterocycles. The second-order valence-electron chi connectivity index (χ2n) is 7.42. The van der Waals surface area contributed by atoms with Gasteiger partial charge in [-0.15, -0.1) is 0 Å². The molecule has 2 heterocycles. The molecule has 1 aliphatic rings. The third kappa shape index (κ3) is 4.75. The standard InChI is InChI=1S/C24H29NO3/c1-19-6-2-3-7-20(19)12-16-26-22-10-9-21-11-13-25(23(21)18-22)14-17-28-24-8-4-5-15-27-24/h2-3,6-7,9-11,13,18,24H,4-5,8,12,14-17H2,1H3. The van der Waals surface area contributed by atoms with Crippen molar-refractivity contribution in [2.75, 3.05) is 19.8 Å². The fourth-order valence-corrected chi connectivity index (χ4v) is 3.74. The van der Waals surface area contributed by atoms with Gasteiger partial charge in [0, 0.05) is 31.8 Å². The van der Waals surface area contributed by atoms with Crippen molar-refractivity contribution in [3.8, 4) is 5.75 Å². The average molecular weight is 380 g/mol. The van der Waals surface area contributed by atoms with Crippen molar-refractivity contribution >= 4 is 10.9 Å². The van der Waals surface area contributed by atoms with Gasteiger partial charge in [0.2, 0.25) is 0 Å². The summed E-state index contributed by atoms with van der Waals surface area (Å²) in [6, 6.07) is 16.9. The predicted octanol–water partition coefficient (Wildman–Crippen LogP) is 5.11. The molecule has 2 aromatic carbocycles. The summed E-state index contributed by atoms with van der Waals surface area (Å²) in [6.07, 6.45) is 6.35. The van der Waals surface area contributed by atoms with E-state index < -0.39 is 0 Å². The summed E-state index contributed by atoms with van der Waals surface area (Å²) >= 11 is 0. The molecular formula is C24H29NO3. The summed E-state index contributed by atoms with van der Waals surface area (Å²) in [6.45, 7) is 5.12. The minimum atomic E-state index is -0.0316. The molecule has 148 valence electrons. The van der Waals surface area contributed by atoms with Crippen molar-refractivity contribution in [3.63, 3.8) is 0 Å². The van der Waals surface area contributed by atoms with Crippen LogP contribution in [0.1, 0.15) is 30.4 Å². The lowest BCUT2D eigenvalue weighted by Gasteiger charge is -2.22. The van der Waals surface area contributed by atoms with Gasteiger partial charge in [-0.3, -0.25) is 0 Å². The molecule has 3 aromatic rings. The minimum Gasteiger partial charge on any atom is -0.493 e. The Morgan fingerprint density at radius 1 is 1.07 bits per heavy atom. The maximum atomic E-state index is 6.03. The van der Waals surface area contributed by atoms with E-state index in [1.54, 1.807) is 0 Å². The number of hydrogen-bond acceptors (Lipinski definition) is 3. The van der Waals surface area contributed by atoms with Gasteiger partial charge >= 0.3 is 0 Å². The molecule has 0 saturated carbocycles. The molecular weight excluding hydrogens is 350 g/mol. The molecule has 0 amide bonds. The van der Waals surface area contributed by atoms with Crippen molar-refractivity contribution in [2.45, 2.75) is 45.4 Å². The van der Waals surface area contributed by atoms with Crippen molar-refractivity contribution in [1.82, 2.24) is 4.57 Å². The van der Waals surface area contributed by atoms with Gasteiger partial charge < -0.3 is 18.8 Å². The third-order valence-corrected chi connectivity index (χ3v) is 5.42. The van der Waals surface area contributed by atoms with Gasteiger partial charge in [-0.25, -0.2) is 0 Å². The number of aromatic nitrogens is 1. The summed E-state index contributed by atoms with van der Waals surface area (Å²) in [5.74, 6) is 0.914. The first kappa shape index (κ1) is 19.0. The van der Waals surface area contributed by atoms with Crippen LogP contribution in [0, 0.1) is 6.92 Å².